The van der Waals surface area contributed by atoms with Gasteiger partial charge in [0.2, 0.25) is 15.8 Å². The lowest BCUT2D eigenvalue weighted by Crippen LogP contribution is -2.26. The van der Waals surface area contributed by atoms with E-state index in [1.807, 2.05) is 6.92 Å². The molecule has 0 N–H and O–H groups in total. The molecule has 8 heteroatoms. The van der Waals surface area contributed by atoms with Crippen LogP contribution in [0.3, 0.4) is 0 Å². The Balaban J connectivity index is 2.06. The first-order valence-electron chi connectivity index (χ1n) is 8.04. The normalized spacial score (nSPS) is 11.7. The van der Waals surface area contributed by atoms with Crippen molar-refractivity contribution in [2.24, 2.45) is 0 Å². The Hall–Kier alpha value is -1.80. The van der Waals surface area contributed by atoms with Crippen LogP contribution in [0.2, 0.25) is 5.02 Å². The molecule has 1 aromatic carbocycles. The summed E-state index contributed by atoms with van der Waals surface area (Å²) < 4.78 is 31.5. The highest BCUT2D eigenvalue weighted by Gasteiger charge is 2.20. The Morgan fingerprint density at radius 3 is 2.62 bits per heavy atom. The standard InChI is InChI=1S/C18H21ClN2O4S/c1-4-21(3)26(23,24)15-6-7-16(19)14(9-15)11-25-12-18(22)17-8-5-13(2)10-20-17/h5-10H,4,11-12H2,1-3H3. The quantitative estimate of drug-likeness (QED) is 0.641. The maximum absolute atomic E-state index is 12.4. The molecule has 1 aromatic heterocycles. The fourth-order valence-corrected chi connectivity index (χ4v) is 3.54. The average Bonchev–Trinajstić information content (AvgIpc) is 2.62. The zero-order chi connectivity index (χ0) is 19.3. The van der Waals surface area contributed by atoms with Crippen molar-refractivity contribution in [1.82, 2.24) is 9.29 Å². The van der Waals surface area contributed by atoms with Gasteiger partial charge in [-0.3, -0.25) is 9.78 Å². The van der Waals surface area contributed by atoms with E-state index in [1.54, 1.807) is 25.3 Å². The lowest BCUT2D eigenvalue weighted by Gasteiger charge is -2.16. The van der Waals surface area contributed by atoms with Crippen molar-refractivity contribution in [3.8, 4) is 0 Å². The van der Waals surface area contributed by atoms with E-state index in [2.05, 4.69) is 4.98 Å². The van der Waals surface area contributed by atoms with Crippen LogP contribution in [0, 0.1) is 6.92 Å². The predicted molar refractivity (Wildman–Crippen MR) is 99.9 cm³/mol. The number of aryl methyl sites for hydroxylation is 1. The zero-order valence-electron chi connectivity index (χ0n) is 14.9. The highest BCUT2D eigenvalue weighted by molar-refractivity contribution is 7.89. The fourth-order valence-electron chi connectivity index (χ4n) is 2.13. The van der Waals surface area contributed by atoms with Crippen molar-refractivity contribution in [3.63, 3.8) is 0 Å². The lowest BCUT2D eigenvalue weighted by atomic mass is 10.2. The van der Waals surface area contributed by atoms with Gasteiger partial charge in [0.25, 0.3) is 0 Å². The van der Waals surface area contributed by atoms with Gasteiger partial charge < -0.3 is 4.74 Å². The van der Waals surface area contributed by atoms with E-state index in [4.69, 9.17) is 16.3 Å². The van der Waals surface area contributed by atoms with Crippen molar-refractivity contribution in [1.29, 1.82) is 0 Å². The number of carbonyl (C=O) groups excluding carboxylic acids is 1. The third-order valence-electron chi connectivity index (χ3n) is 3.86. The minimum atomic E-state index is -3.57. The van der Waals surface area contributed by atoms with Gasteiger partial charge in [-0.05, 0) is 42.3 Å². The number of ketones is 1. The van der Waals surface area contributed by atoms with Gasteiger partial charge in [-0.2, -0.15) is 0 Å². The molecule has 1 heterocycles. The molecular formula is C18H21ClN2O4S. The maximum atomic E-state index is 12.4. The van der Waals surface area contributed by atoms with Gasteiger partial charge >= 0.3 is 0 Å². The Kier molecular flexibility index (Phi) is 6.88. The first kappa shape index (κ1) is 20.5. The second kappa shape index (κ2) is 8.73. The van der Waals surface area contributed by atoms with Crippen LogP contribution in [0.15, 0.2) is 41.4 Å². The van der Waals surface area contributed by atoms with Gasteiger partial charge in [-0.1, -0.05) is 24.6 Å². The van der Waals surface area contributed by atoms with Crippen molar-refractivity contribution in [3.05, 3.63) is 58.4 Å². The maximum Gasteiger partial charge on any atom is 0.242 e. The highest BCUT2D eigenvalue weighted by atomic mass is 35.5. The van der Waals surface area contributed by atoms with Gasteiger partial charge in [-0.25, -0.2) is 12.7 Å². The smallest absolute Gasteiger partial charge is 0.242 e. The molecule has 0 atom stereocenters. The summed E-state index contributed by atoms with van der Waals surface area (Å²) in [7, 11) is -2.07. The van der Waals surface area contributed by atoms with Crippen LogP contribution in [0.5, 0.6) is 0 Å². The number of rotatable bonds is 8. The number of halogens is 1. The number of Topliss-reactive ketones (excluding diaryl/α,β-unsaturated/α-hetero) is 1. The SMILES string of the molecule is CCN(C)S(=O)(=O)c1ccc(Cl)c(COCC(=O)c2ccc(C)cn2)c1. The summed E-state index contributed by atoms with van der Waals surface area (Å²) in [5.41, 5.74) is 1.79. The van der Waals surface area contributed by atoms with Crippen molar-refractivity contribution in [2.75, 3.05) is 20.2 Å². The Labute approximate surface area is 158 Å². The van der Waals surface area contributed by atoms with E-state index >= 15 is 0 Å². The van der Waals surface area contributed by atoms with Crippen molar-refractivity contribution in [2.45, 2.75) is 25.3 Å². The number of sulfonamides is 1. The van der Waals surface area contributed by atoms with Gasteiger partial charge in [0.15, 0.2) is 0 Å². The third-order valence-corrected chi connectivity index (χ3v) is 6.16. The minimum absolute atomic E-state index is 0.0234. The average molecular weight is 397 g/mol. The van der Waals surface area contributed by atoms with Gasteiger partial charge in [-0.15, -0.1) is 0 Å². The number of pyridine rings is 1. The molecule has 2 rings (SSSR count). The number of aromatic nitrogens is 1. The Morgan fingerprint density at radius 2 is 2.00 bits per heavy atom. The molecule has 0 amide bonds. The van der Waals surface area contributed by atoms with Crippen LogP contribution in [0.4, 0.5) is 0 Å². The number of benzene rings is 1. The van der Waals surface area contributed by atoms with E-state index in [1.165, 1.54) is 29.6 Å². The van der Waals surface area contributed by atoms with E-state index in [0.29, 0.717) is 22.8 Å². The zero-order valence-corrected chi connectivity index (χ0v) is 16.5. The van der Waals surface area contributed by atoms with Crippen LogP contribution in [0.25, 0.3) is 0 Å². The first-order chi connectivity index (χ1) is 12.3. The topological polar surface area (TPSA) is 76.6 Å². The number of hydrogen-bond acceptors (Lipinski definition) is 5. The number of carbonyl (C=O) groups is 1. The minimum Gasteiger partial charge on any atom is -0.368 e. The van der Waals surface area contributed by atoms with Crippen LogP contribution in [-0.4, -0.2) is 43.7 Å². The van der Waals surface area contributed by atoms with Crippen LogP contribution >= 0.6 is 11.6 Å². The fraction of sp³-hybridized carbons (Fsp3) is 0.333. The van der Waals surface area contributed by atoms with Gasteiger partial charge in [0, 0.05) is 24.8 Å². The summed E-state index contributed by atoms with van der Waals surface area (Å²) >= 11 is 6.12. The summed E-state index contributed by atoms with van der Waals surface area (Å²) in [6.07, 6.45) is 1.61. The molecule has 0 saturated carbocycles. The summed E-state index contributed by atoms with van der Waals surface area (Å²) in [4.78, 5) is 16.3. The molecule has 0 aliphatic carbocycles. The molecule has 0 spiro atoms. The summed E-state index contributed by atoms with van der Waals surface area (Å²) in [5, 5.41) is 0.379. The Bertz CT molecular complexity index is 883. The number of ether oxygens (including phenoxy) is 1. The van der Waals surface area contributed by atoms with E-state index in [9.17, 15) is 13.2 Å². The molecule has 0 aliphatic rings. The van der Waals surface area contributed by atoms with Gasteiger partial charge in [0.1, 0.15) is 12.3 Å². The third kappa shape index (κ3) is 4.88. The molecule has 0 aliphatic heterocycles. The number of nitrogens with zero attached hydrogens (tertiary/aromatic N) is 2. The molecule has 26 heavy (non-hydrogen) atoms. The second-order valence-electron chi connectivity index (χ2n) is 5.81. The summed E-state index contributed by atoms with van der Waals surface area (Å²) in [6.45, 7) is 3.85. The summed E-state index contributed by atoms with van der Waals surface area (Å²) in [5.74, 6) is -0.254. The van der Waals surface area contributed by atoms with E-state index in [-0.39, 0.29) is 23.9 Å². The van der Waals surface area contributed by atoms with Crippen molar-refractivity contribution < 1.29 is 17.9 Å². The molecule has 0 radical (unpaired) electrons. The molecule has 6 nitrogen and oxygen atoms in total. The lowest BCUT2D eigenvalue weighted by molar-refractivity contribution is 0.0721. The van der Waals surface area contributed by atoms with Crippen LogP contribution in [-0.2, 0) is 21.4 Å². The molecule has 0 saturated heterocycles. The highest BCUT2D eigenvalue weighted by Crippen LogP contribution is 2.23. The van der Waals surface area contributed by atoms with E-state index in [0.717, 1.165) is 5.56 Å². The largest absolute Gasteiger partial charge is 0.368 e. The molecule has 0 fully saturated rings. The van der Waals surface area contributed by atoms with Crippen molar-refractivity contribution >= 4 is 27.4 Å². The van der Waals surface area contributed by atoms with Crippen LogP contribution in [0.1, 0.15) is 28.5 Å². The molecule has 2 aromatic rings. The predicted octanol–water partition coefficient (Wildman–Crippen LogP) is 3.08. The number of hydrogen-bond donors (Lipinski definition) is 0. The summed E-state index contributed by atoms with van der Waals surface area (Å²) in [6, 6.07) is 7.88. The van der Waals surface area contributed by atoms with Gasteiger partial charge in [0.05, 0.1) is 11.5 Å². The first-order valence-corrected chi connectivity index (χ1v) is 9.86. The molecular weight excluding hydrogens is 376 g/mol. The molecule has 0 unspecified atom stereocenters. The van der Waals surface area contributed by atoms with Crippen LogP contribution < -0.4 is 0 Å². The Morgan fingerprint density at radius 1 is 1.27 bits per heavy atom. The van der Waals surface area contributed by atoms with E-state index < -0.39 is 10.0 Å². The molecule has 140 valence electrons. The second-order valence-corrected chi connectivity index (χ2v) is 8.26. The monoisotopic (exact) mass is 396 g/mol. The molecule has 0 bridgehead atoms.